The Morgan fingerprint density at radius 2 is 1.35 bits per heavy atom. The monoisotopic (exact) mass is 307 g/mol. The Morgan fingerprint density at radius 3 is 1.80 bits per heavy atom. The van der Waals surface area contributed by atoms with Gasteiger partial charge in [0.05, 0.1) is 6.61 Å². The molecule has 0 heterocycles. The van der Waals surface area contributed by atoms with Gasteiger partial charge in [-0.15, -0.1) is 12.4 Å². The van der Waals surface area contributed by atoms with Gasteiger partial charge in [-0.1, -0.05) is 71.6 Å². The Bertz CT molecular complexity index is 213. The molecule has 0 rings (SSSR count). The third kappa shape index (κ3) is 14.1. The van der Waals surface area contributed by atoms with Crippen LogP contribution in [0.15, 0.2) is 0 Å². The van der Waals surface area contributed by atoms with Gasteiger partial charge < -0.3 is 10.5 Å². The van der Waals surface area contributed by atoms with Crippen molar-refractivity contribution in [3.05, 3.63) is 0 Å². The molecule has 4 heteroatoms. The van der Waals surface area contributed by atoms with Gasteiger partial charge in [0.25, 0.3) is 0 Å². The van der Waals surface area contributed by atoms with E-state index < -0.39 is 6.04 Å². The molecule has 0 bridgehead atoms. The summed E-state index contributed by atoms with van der Waals surface area (Å²) in [6, 6.07) is -0.442. The molecule has 0 aliphatic heterocycles. The van der Waals surface area contributed by atoms with Crippen molar-refractivity contribution in [3.8, 4) is 0 Å². The van der Waals surface area contributed by atoms with Gasteiger partial charge in [0.1, 0.15) is 6.04 Å². The van der Waals surface area contributed by atoms with E-state index >= 15 is 0 Å². The maximum Gasteiger partial charge on any atom is 0.322 e. The summed E-state index contributed by atoms with van der Waals surface area (Å²) in [6.07, 6.45) is 13.6. The van der Waals surface area contributed by atoms with Gasteiger partial charge in [0.15, 0.2) is 0 Å². The average molecular weight is 308 g/mol. The molecule has 3 nitrogen and oxygen atoms in total. The molecule has 20 heavy (non-hydrogen) atoms. The van der Waals surface area contributed by atoms with Crippen molar-refractivity contribution in [2.24, 2.45) is 5.73 Å². The van der Waals surface area contributed by atoms with E-state index in [-0.39, 0.29) is 18.4 Å². The average Bonchev–Trinajstić information content (AvgIpc) is 2.43. The topological polar surface area (TPSA) is 52.3 Å². The number of halogens is 1. The summed E-state index contributed by atoms with van der Waals surface area (Å²) in [5.74, 6) is -0.251. The van der Waals surface area contributed by atoms with E-state index in [2.05, 4.69) is 6.92 Å². The molecular formula is C16H34ClNO2. The highest BCUT2D eigenvalue weighted by molar-refractivity contribution is 5.85. The lowest BCUT2D eigenvalue weighted by atomic mass is 10.1. The van der Waals surface area contributed by atoms with Crippen LogP contribution in [0, 0.1) is 0 Å². The van der Waals surface area contributed by atoms with Crippen LogP contribution < -0.4 is 5.73 Å². The molecular weight excluding hydrogens is 274 g/mol. The number of ether oxygens (including phenoxy) is 1. The van der Waals surface area contributed by atoms with Gasteiger partial charge >= 0.3 is 5.97 Å². The first-order chi connectivity index (χ1) is 9.22. The minimum atomic E-state index is -0.442. The first-order valence-corrected chi connectivity index (χ1v) is 8.14. The van der Waals surface area contributed by atoms with E-state index in [1.165, 1.54) is 51.4 Å². The van der Waals surface area contributed by atoms with E-state index in [4.69, 9.17) is 10.5 Å². The lowest BCUT2D eigenvalue weighted by Gasteiger charge is -2.09. The molecule has 0 aromatic rings. The molecule has 0 aromatic heterocycles. The zero-order valence-corrected chi connectivity index (χ0v) is 14.2. The Balaban J connectivity index is 0. The lowest BCUT2D eigenvalue weighted by Crippen LogP contribution is -2.31. The van der Waals surface area contributed by atoms with Gasteiger partial charge in [0.2, 0.25) is 0 Å². The van der Waals surface area contributed by atoms with Crippen molar-refractivity contribution in [1.29, 1.82) is 0 Å². The number of hydrogen-bond donors (Lipinski definition) is 1. The summed E-state index contributed by atoms with van der Waals surface area (Å²) < 4.78 is 5.10. The van der Waals surface area contributed by atoms with Crippen LogP contribution in [0.3, 0.4) is 0 Å². The van der Waals surface area contributed by atoms with Crippen molar-refractivity contribution in [2.45, 2.75) is 90.5 Å². The molecule has 1 atom stereocenters. The Kier molecular flexibility index (Phi) is 18.5. The van der Waals surface area contributed by atoms with Crippen molar-refractivity contribution < 1.29 is 9.53 Å². The summed E-state index contributed by atoms with van der Waals surface area (Å²) in [4.78, 5) is 11.3. The maximum atomic E-state index is 11.3. The zero-order valence-electron chi connectivity index (χ0n) is 13.4. The molecule has 0 aromatic carbocycles. The van der Waals surface area contributed by atoms with Gasteiger partial charge in [-0.2, -0.15) is 0 Å². The lowest BCUT2D eigenvalue weighted by molar-refractivity contribution is -0.145. The number of carbonyl (C=O) groups is 1. The van der Waals surface area contributed by atoms with E-state index in [0.717, 1.165) is 12.8 Å². The van der Waals surface area contributed by atoms with E-state index in [1.54, 1.807) is 0 Å². The highest BCUT2D eigenvalue weighted by Gasteiger charge is 2.11. The van der Waals surface area contributed by atoms with E-state index in [0.29, 0.717) is 13.0 Å². The highest BCUT2D eigenvalue weighted by Crippen LogP contribution is 2.10. The quantitative estimate of drug-likeness (QED) is 0.399. The normalized spacial score (nSPS) is 11.8. The molecule has 0 saturated heterocycles. The number of nitrogens with two attached hydrogens (primary N) is 1. The van der Waals surface area contributed by atoms with Crippen molar-refractivity contribution in [2.75, 3.05) is 6.61 Å². The van der Waals surface area contributed by atoms with Gasteiger partial charge in [-0.05, 0) is 12.8 Å². The van der Waals surface area contributed by atoms with Gasteiger partial charge in [-0.3, -0.25) is 4.79 Å². The molecule has 0 saturated carbocycles. The minimum Gasteiger partial charge on any atom is -0.465 e. The van der Waals surface area contributed by atoms with Crippen LogP contribution in [0.2, 0.25) is 0 Å². The zero-order chi connectivity index (χ0) is 14.3. The fourth-order valence-corrected chi connectivity index (χ4v) is 2.04. The molecule has 0 aliphatic rings. The Morgan fingerprint density at radius 1 is 0.900 bits per heavy atom. The van der Waals surface area contributed by atoms with Crippen molar-refractivity contribution in [1.82, 2.24) is 0 Å². The third-order valence-corrected chi connectivity index (χ3v) is 3.48. The van der Waals surface area contributed by atoms with Crippen LogP contribution in [0.5, 0.6) is 0 Å². The number of rotatable bonds is 13. The predicted molar refractivity (Wildman–Crippen MR) is 88.3 cm³/mol. The number of unbranched alkanes of at least 4 members (excludes halogenated alkanes) is 9. The Labute approximate surface area is 131 Å². The molecule has 1 unspecified atom stereocenters. The summed E-state index contributed by atoms with van der Waals surface area (Å²) >= 11 is 0. The SMILES string of the molecule is CCCCCCCCCCCCOC(=O)C(N)CC.Cl. The van der Waals surface area contributed by atoms with Crippen LogP contribution >= 0.6 is 12.4 Å². The molecule has 2 N–H and O–H groups in total. The number of esters is 1. The third-order valence-electron chi connectivity index (χ3n) is 3.48. The molecule has 0 radical (unpaired) electrons. The number of hydrogen-bond acceptors (Lipinski definition) is 3. The molecule has 0 aliphatic carbocycles. The summed E-state index contributed by atoms with van der Waals surface area (Å²) in [7, 11) is 0. The first kappa shape index (κ1) is 22.0. The van der Waals surface area contributed by atoms with E-state index in [1.807, 2.05) is 6.92 Å². The standard InChI is InChI=1S/C16H33NO2.ClH/c1-3-5-6-7-8-9-10-11-12-13-14-19-16(18)15(17)4-2;/h15H,3-14,17H2,1-2H3;1H. The number of carbonyl (C=O) groups excluding carboxylic acids is 1. The summed E-state index contributed by atoms with van der Waals surface area (Å²) in [5, 5.41) is 0. The second kappa shape index (κ2) is 16.8. The molecule has 0 fully saturated rings. The van der Waals surface area contributed by atoms with Gasteiger partial charge in [0, 0.05) is 0 Å². The molecule has 0 spiro atoms. The summed E-state index contributed by atoms with van der Waals surface area (Å²) in [5.41, 5.74) is 5.57. The second-order valence-corrected chi connectivity index (χ2v) is 5.36. The van der Waals surface area contributed by atoms with Crippen LogP contribution in [0.25, 0.3) is 0 Å². The van der Waals surface area contributed by atoms with Crippen molar-refractivity contribution >= 4 is 18.4 Å². The Hall–Kier alpha value is -0.280. The fraction of sp³-hybridized carbons (Fsp3) is 0.938. The van der Waals surface area contributed by atoms with Gasteiger partial charge in [-0.25, -0.2) is 0 Å². The minimum absolute atomic E-state index is 0. The second-order valence-electron chi connectivity index (χ2n) is 5.36. The van der Waals surface area contributed by atoms with Crippen LogP contribution in [0.4, 0.5) is 0 Å². The van der Waals surface area contributed by atoms with Crippen LogP contribution in [-0.4, -0.2) is 18.6 Å². The maximum absolute atomic E-state index is 11.3. The fourth-order valence-electron chi connectivity index (χ4n) is 2.04. The first-order valence-electron chi connectivity index (χ1n) is 8.14. The van der Waals surface area contributed by atoms with Crippen LogP contribution in [0.1, 0.15) is 84.5 Å². The largest absolute Gasteiger partial charge is 0.465 e. The molecule has 122 valence electrons. The van der Waals surface area contributed by atoms with Crippen molar-refractivity contribution in [3.63, 3.8) is 0 Å². The highest BCUT2D eigenvalue weighted by atomic mass is 35.5. The van der Waals surface area contributed by atoms with E-state index in [9.17, 15) is 4.79 Å². The smallest absolute Gasteiger partial charge is 0.322 e. The summed E-state index contributed by atoms with van der Waals surface area (Å²) in [6.45, 7) is 4.68. The predicted octanol–water partition coefficient (Wildman–Crippen LogP) is 4.61. The van der Waals surface area contributed by atoms with Crippen LogP contribution in [-0.2, 0) is 9.53 Å². The molecule has 0 amide bonds.